The van der Waals surface area contributed by atoms with Crippen LogP contribution in [0.25, 0.3) is 0 Å². The van der Waals surface area contributed by atoms with Gasteiger partial charge in [0.1, 0.15) is 5.76 Å². The molecule has 0 bridgehead atoms. The van der Waals surface area contributed by atoms with Gasteiger partial charge in [-0.2, -0.15) is 0 Å². The quantitative estimate of drug-likeness (QED) is 0.858. The van der Waals surface area contributed by atoms with Gasteiger partial charge in [0.15, 0.2) is 5.22 Å². The van der Waals surface area contributed by atoms with Crippen molar-refractivity contribution in [3.05, 3.63) is 23.1 Å². The van der Waals surface area contributed by atoms with Gasteiger partial charge in [-0.15, -0.1) is 0 Å². The molecule has 1 fully saturated rings. The molecule has 7 heteroatoms. The van der Waals surface area contributed by atoms with E-state index in [2.05, 4.69) is 12.2 Å². The fourth-order valence-electron chi connectivity index (χ4n) is 2.89. The zero-order chi connectivity index (χ0) is 16.3. The van der Waals surface area contributed by atoms with Crippen molar-refractivity contribution in [2.24, 2.45) is 5.92 Å². The van der Waals surface area contributed by atoms with Crippen LogP contribution in [0.3, 0.4) is 0 Å². The molecule has 2 atom stereocenters. The number of sulfonamides is 1. The molecule has 5 nitrogen and oxygen atoms in total. The maximum atomic E-state index is 12.3. The van der Waals surface area contributed by atoms with Gasteiger partial charge in [0.05, 0.1) is 11.8 Å². The van der Waals surface area contributed by atoms with Crippen LogP contribution < -0.4 is 5.32 Å². The highest BCUT2D eigenvalue weighted by atomic mass is 35.5. The molecule has 1 saturated heterocycles. The Labute approximate surface area is 138 Å². The molecule has 0 spiro atoms. The van der Waals surface area contributed by atoms with E-state index in [9.17, 15) is 8.42 Å². The zero-order valence-corrected chi connectivity index (χ0v) is 15.0. The number of piperidine rings is 1. The van der Waals surface area contributed by atoms with Crippen LogP contribution in [0.4, 0.5) is 0 Å². The highest BCUT2D eigenvalue weighted by Crippen LogP contribution is 2.24. The van der Waals surface area contributed by atoms with Crippen LogP contribution in [0.5, 0.6) is 0 Å². The first-order valence-corrected chi connectivity index (χ1v) is 9.69. The third-order valence-corrected chi connectivity index (χ3v) is 6.79. The molecule has 22 heavy (non-hydrogen) atoms. The van der Waals surface area contributed by atoms with Gasteiger partial charge in [-0.1, -0.05) is 13.3 Å². The van der Waals surface area contributed by atoms with Gasteiger partial charge in [-0.25, -0.2) is 12.7 Å². The Morgan fingerprint density at radius 1 is 1.45 bits per heavy atom. The Hall–Kier alpha value is -0.560. The Kier molecular flexibility index (Phi) is 5.94. The third-order valence-electron chi connectivity index (χ3n) is 4.34. The molecular formula is C15H25ClN2O3S. The number of hydrogen-bond donors (Lipinski definition) is 1. The molecule has 0 unspecified atom stereocenters. The lowest BCUT2D eigenvalue weighted by Crippen LogP contribution is -2.51. The smallest absolute Gasteiger partial charge is 0.216 e. The predicted octanol–water partition coefficient (Wildman–Crippen LogP) is 2.86. The number of nitrogens with zero attached hydrogens (tertiary/aromatic N) is 1. The highest BCUT2D eigenvalue weighted by Gasteiger charge is 2.35. The minimum absolute atomic E-state index is 0.299. The summed E-state index contributed by atoms with van der Waals surface area (Å²) in [5, 5.41) is 3.51. The Balaban J connectivity index is 1.95. The second kappa shape index (κ2) is 7.34. The summed E-state index contributed by atoms with van der Waals surface area (Å²) in [6, 6.07) is 3.88. The fourth-order valence-corrected chi connectivity index (χ4v) is 4.41. The van der Waals surface area contributed by atoms with E-state index in [4.69, 9.17) is 16.0 Å². The molecule has 0 aromatic carbocycles. The summed E-state index contributed by atoms with van der Waals surface area (Å²) in [5.74, 6) is 1.12. The lowest BCUT2D eigenvalue weighted by molar-refractivity contribution is 0.197. The largest absolute Gasteiger partial charge is 0.448 e. The molecule has 2 heterocycles. The van der Waals surface area contributed by atoms with Crippen molar-refractivity contribution in [2.75, 3.05) is 13.1 Å². The standard InChI is InChI=1S/C15H25ClN2O3S/c1-4-12-10-18(22(19,20)11(2)3)8-7-14(12)17-9-13-5-6-15(16)21-13/h5-6,11-12,14,17H,4,7-10H2,1-3H3/t12-,14-/m1/s1. The van der Waals surface area contributed by atoms with Gasteiger partial charge < -0.3 is 9.73 Å². The summed E-state index contributed by atoms with van der Waals surface area (Å²) >= 11 is 5.77. The Morgan fingerprint density at radius 2 is 2.18 bits per heavy atom. The van der Waals surface area contributed by atoms with Gasteiger partial charge in [-0.05, 0) is 49.9 Å². The molecule has 1 aromatic rings. The zero-order valence-electron chi connectivity index (χ0n) is 13.4. The first-order chi connectivity index (χ1) is 10.3. The number of halogens is 1. The molecule has 1 aliphatic rings. The van der Waals surface area contributed by atoms with Crippen LogP contribution in [-0.2, 0) is 16.6 Å². The van der Waals surface area contributed by atoms with Crippen LogP contribution in [0, 0.1) is 5.92 Å². The van der Waals surface area contributed by atoms with Crippen LogP contribution in [0.2, 0.25) is 5.22 Å². The lowest BCUT2D eigenvalue weighted by Gasteiger charge is -2.38. The molecule has 0 radical (unpaired) electrons. The summed E-state index contributed by atoms with van der Waals surface area (Å²) in [7, 11) is -3.16. The monoisotopic (exact) mass is 348 g/mol. The molecule has 1 aromatic heterocycles. The van der Waals surface area contributed by atoms with E-state index in [1.807, 2.05) is 6.07 Å². The summed E-state index contributed by atoms with van der Waals surface area (Å²) in [5.41, 5.74) is 0. The summed E-state index contributed by atoms with van der Waals surface area (Å²) in [4.78, 5) is 0. The van der Waals surface area contributed by atoms with Crippen molar-refractivity contribution < 1.29 is 12.8 Å². The number of furan rings is 1. The van der Waals surface area contributed by atoms with Gasteiger partial charge in [0.2, 0.25) is 10.0 Å². The average Bonchev–Trinajstić information content (AvgIpc) is 2.90. The van der Waals surface area contributed by atoms with E-state index in [1.165, 1.54) is 0 Å². The lowest BCUT2D eigenvalue weighted by atomic mass is 9.91. The van der Waals surface area contributed by atoms with Gasteiger partial charge in [-0.3, -0.25) is 0 Å². The van der Waals surface area contributed by atoms with E-state index in [0.717, 1.165) is 18.6 Å². The first-order valence-electron chi connectivity index (χ1n) is 7.81. The van der Waals surface area contributed by atoms with Crippen LogP contribution in [0.1, 0.15) is 39.4 Å². The minimum Gasteiger partial charge on any atom is -0.448 e. The molecular weight excluding hydrogens is 324 g/mol. The first kappa shape index (κ1) is 17.8. The fraction of sp³-hybridized carbons (Fsp3) is 0.733. The Morgan fingerprint density at radius 3 is 2.73 bits per heavy atom. The number of rotatable bonds is 6. The van der Waals surface area contributed by atoms with E-state index in [-0.39, 0.29) is 5.25 Å². The number of nitrogens with one attached hydrogen (secondary N) is 1. The maximum Gasteiger partial charge on any atom is 0.216 e. The van der Waals surface area contributed by atoms with E-state index in [0.29, 0.717) is 36.8 Å². The third kappa shape index (κ3) is 4.04. The predicted molar refractivity (Wildman–Crippen MR) is 88.4 cm³/mol. The van der Waals surface area contributed by atoms with Crippen molar-refractivity contribution in [1.29, 1.82) is 0 Å². The summed E-state index contributed by atoms with van der Waals surface area (Å²) in [6.07, 6.45) is 1.76. The van der Waals surface area contributed by atoms with Crippen molar-refractivity contribution in [3.8, 4) is 0 Å². The topological polar surface area (TPSA) is 62.6 Å². The van der Waals surface area contributed by atoms with Crippen LogP contribution in [0.15, 0.2) is 16.5 Å². The normalized spacial score (nSPS) is 24.0. The molecule has 0 saturated carbocycles. The average molecular weight is 349 g/mol. The van der Waals surface area contributed by atoms with Crippen LogP contribution in [-0.4, -0.2) is 37.1 Å². The molecule has 0 aliphatic carbocycles. The van der Waals surface area contributed by atoms with Crippen LogP contribution >= 0.6 is 11.6 Å². The van der Waals surface area contributed by atoms with Gasteiger partial charge in [0, 0.05) is 19.1 Å². The van der Waals surface area contributed by atoms with E-state index < -0.39 is 10.0 Å². The van der Waals surface area contributed by atoms with Crippen molar-refractivity contribution in [2.45, 2.75) is 51.4 Å². The number of hydrogen-bond acceptors (Lipinski definition) is 4. The Bertz CT molecular complexity index is 585. The SMILES string of the molecule is CC[C@@H]1CN(S(=O)(=O)C(C)C)CC[C@H]1NCc1ccc(Cl)o1. The van der Waals surface area contributed by atoms with Crippen molar-refractivity contribution in [1.82, 2.24) is 9.62 Å². The van der Waals surface area contributed by atoms with Crippen molar-refractivity contribution in [3.63, 3.8) is 0 Å². The molecule has 1 N–H and O–H groups in total. The summed E-state index contributed by atoms with van der Waals surface area (Å²) in [6.45, 7) is 7.36. The second-order valence-electron chi connectivity index (χ2n) is 6.10. The molecule has 0 amide bonds. The van der Waals surface area contributed by atoms with Crippen molar-refractivity contribution >= 4 is 21.6 Å². The highest BCUT2D eigenvalue weighted by molar-refractivity contribution is 7.89. The molecule has 1 aliphatic heterocycles. The molecule has 126 valence electrons. The second-order valence-corrected chi connectivity index (χ2v) is 8.96. The minimum atomic E-state index is -3.16. The van der Waals surface area contributed by atoms with E-state index >= 15 is 0 Å². The van der Waals surface area contributed by atoms with E-state index in [1.54, 1.807) is 24.2 Å². The summed E-state index contributed by atoms with van der Waals surface area (Å²) < 4.78 is 31.6. The van der Waals surface area contributed by atoms with Gasteiger partial charge in [0.25, 0.3) is 0 Å². The maximum absolute atomic E-state index is 12.3. The van der Waals surface area contributed by atoms with Gasteiger partial charge >= 0.3 is 0 Å². The molecule has 2 rings (SSSR count).